The Kier molecular flexibility index (Phi) is 5.46. The fourth-order valence-electron chi connectivity index (χ4n) is 4.43. The number of thioether (sulfide) groups is 1. The highest BCUT2D eigenvalue weighted by atomic mass is 32.2. The van der Waals surface area contributed by atoms with Gasteiger partial charge in [0.1, 0.15) is 0 Å². The molecule has 1 fully saturated rings. The van der Waals surface area contributed by atoms with Crippen LogP contribution >= 0.6 is 11.8 Å². The minimum atomic E-state index is -0.409. The first kappa shape index (κ1) is 21.7. The topological polar surface area (TPSA) is 86.3 Å². The second-order valence-corrected chi connectivity index (χ2v) is 9.44. The first-order valence-corrected chi connectivity index (χ1v) is 11.7. The number of amides is 1. The number of carbonyl (C=O) groups excluding carboxylic acids is 1. The van der Waals surface area contributed by atoms with Gasteiger partial charge in [-0.1, -0.05) is 6.07 Å². The summed E-state index contributed by atoms with van der Waals surface area (Å²) in [6.45, 7) is 11.0. The molecular formula is C24H26N6O2S. The maximum absolute atomic E-state index is 12.9. The molecule has 1 aromatic carbocycles. The minimum absolute atomic E-state index is 0.0527. The van der Waals surface area contributed by atoms with E-state index < -0.39 is 5.91 Å². The standard InChI is InChI=1S/C24H26N6O2S/c1-14-9-15(2)11-19(10-14)29-16(3)12-18(17(29)4)13-20-21(25)30-23(26-22(20)31)33-24(27-30)28-5-7-32-8-6-28/h9-13,25H,5-8H2,1-4H3/b20-13-,25-21?. The van der Waals surface area contributed by atoms with Gasteiger partial charge in [0, 0.05) is 30.2 Å². The first-order valence-electron chi connectivity index (χ1n) is 10.9. The van der Waals surface area contributed by atoms with Crippen molar-refractivity contribution in [3.05, 3.63) is 57.9 Å². The summed E-state index contributed by atoms with van der Waals surface area (Å²) in [5.74, 6) is -0.356. The van der Waals surface area contributed by atoms with Gasteiger partial charge >= 0.3 is 0 Å². The van der Waals surface area contributed by atoms with Crippen LogP contribution in [0.5, 0.6) is 0 Å². The van der Waals surface area contributed by atoms with E-state index in [0.717, 1.165) is 40.9 Å². The summed E-state index contributed by atoms with van der Waals surface area (Å²) in [7, 11) is 0. The van der Waals surface area contributed by atoms with Crippen LogP contribution in [-0.2, 0) is 9.53 Å². The smallest absolute Gasteiger partial charge is 0.283 e. The van der Waals surface area contributed by atoms with Gasteiger partial charge in [0.05, 0.1) is 18.8 Å². The third-order valence-corrected chi connectivity index (χ3v) is 6.93. The highest BCUT2D eigenvalue weighted by molar-refractivity contribution is 8.26. The Morgan fingerprint density at radius 1 is 1.03 bits per heavy atom. The molecule has 1 amide bonds. The summed E-state index contributed by atoms with van der Waals surface area (Å²) in [4.78, 5) is 19.2. The maximum atomic E-state index is 12.9. The van der Waals surface area contributed by atoms with Crippen molar-refractivity contribution in [2.75, 3.05) is 26.3 Å². The van der Waals surface area contributed by atoms with Gasteiger partial charge in [0.2, 0.25) is 5.17 Å². The molecule has 3 aliphatic rings. The van der Waals surface area contributed by atoms with Crippen molar-refractivity contribution in [2.45, 2.75) is 27.7 Å². The molecule has 1 saturated heterocycles. The third kappa shape index (κ3) is 3.91. The van der Waals surface area contributed by atoms with Crippen molar-refractivity contribution in [1.82, 2.24) is 14.5 Å². The van der Waals surface area contributed by atoms with Crippen LogP contribution in [0.4, 0.5) is 0 Å². The lowest BCUT2D eigenvalue weighted by molar-refractivity contribution is -0.114. The number of morpholine rings is 1. The second kappa shape index (κ2) is 8.31. The van der Waals surface area contributed by atoms with Crippen molar-refractivity contribution in [3.63, 3.8) is 0 Å². The van der Waals surface area contributed by atoms with Crippen molar-refractivity contribution in [3.8, 4) is 5.69 Å². The summed E-state index contributed by atoms with van der Waals surface area (Å²) in [5.41, 5.74) is 6.69. The van der Waals surface area contributed by atoms with E-state index in [1.54, 1.807) is 6.08 Å². The lowest BCUT2D eigenvalue weighted by atomic mass is 10.1. The number of hydrogen-bond donors (Lipinski definition) is 1. The molecule has 1 N–H and O–H groups in total. The lowest BCUT2D eigenvalue weighted by Gasteiger charge is -2.26. The Morgan fingerprint density at radius 2 is 1.73 bits per heavy atom. The number of aliphatic imine (C=N–C) groups is 1. The predicted molar refractivity (Wildman–Crippen MR) is 132 cm³/mol. The van der Waals surface area contributed by atoms with Crippen LogP contribution in [0.3, 0.4) is 0 Å². The molecule has 9 heteroatoms. The molecule has 33 heavy (non-hydrogen) atoms. The summed E-state index contributed by atoms with van der Waals surface area (Å²) in [6.07, 6.45) is 1.76. The molecule has 1 aromatic heterocycles. The summed E-state index contributed by atoms with van der Waals surface area (Å²) in [6, 6.07) is 8.49. The molecule has 0 aliphatic carbocycles. The van der Waals surface area contributed by atoms with Crippen LogP contribution in [0.2, 0.25) is 0 Å². The van der Waals surface area contributed by atoms with Crippen LogP contribution < -0.4 is 0 Å². The molecule has 0 unspecified atom stereocenters. The number of hydrazone groups is 1. The van der Waals surface area contributed by atoms with Gasteiger partial charge in [-0.15, -0.1) is 5.10 Å². The number of nitrogens with one attached hydrogen (secondary N) is 1. The fourth-order valence-corrected chi connectivity index (χ4v) is 5.38. The largest absolute Gasteiger partial charge is 0.378 e. The number of aromatic nitrogens is 1. The Morgan fingerprint density at radius 3 is 2.42 bits per heavy atom. The molecule has 8 nitrogen and oxygen atoms in total. The average Bonchev–Trinajstić information content (AvgIpc) is 3.31. The average molecular weight is 463 g/mol. The number of aryl methyl sites for hydroxylation is 3. The summed E-state index contributed by atoms with van der Waals surface area (Å²) in [5, 5.41) is 15.9. The maximum Gasteiger partial charge on any atom is 0.283 e. The van der Waals surface area contributed by atoms with Crippen molar-refractivity contribution < 1.29 is 9.53 Å². The quantitative estimate of drug-likeness (QED) is 0.689. The Balaban J connectivity index is 1.49. The van der Waals surface area contributed by atoms with Gasteiger partial charge in [-0.05, 0) is 80.4 Å². The number of ether oxygens (including phenoxy) is 1. The van der Waals surface area contributed by atoms with E-state index in [0.29, 0.717) is 18.4 Å². The number of hydrogen-bond acceptors (Lipinski definition) is 6. The SMILES string of the molecule is Cc1cc(C)cc(-n2c(C)cc(/C=C3/C(=N)N4N=C(N5CCOCC5)SC4=NC3=O)c2C)c1. The lowest BCUT2D eigenvalue weighted by Crippen LogP contribution is -2.39. The van der Waals surface area contributed by atoms with Crippen LogP contribution in [0.1, 0.15) is 28.1 Å². The Labute approximate surface area is 197 Å². The molecule has 0 saturated carbocycles. The van der Waals surface area contributed by atoms with Gasteiger partial charge in [-0.3, -0.25) is 10.2 Å². The van der Waals surface area contributed by atoms with E-state index >= 15 is 0 Å². The molecule has 170 valence electrons. The molecule has 2 aromatic rings. The number of benzene rings is 1. The van der Waals surface area contributed by atoms with E-state index in [4.69, 9.17) is 10.1 Å². The van der Waals surface area contributed by atoms with Gasteiger partial charge in [-0.25, -0.2) is 0 Å². The van der Waals surface area contributed by atoms with Crippen LogP contribution in [0.15, 0.2) is 39.9 Å². The van der Waals surface area contributed by atoms with Crippen LogP contribution in [0.25, 0.3) is 11.8 Å². The molecular weight excluding hydrogens is 436 g/mol. The monoisotopic (exact) mass is 462 g/mol. The number of amidine groups is 3. The number of nitrogens with zero attached hydrogens (tertiary/aromatic N) is 5. The zero-order valence-electron chi connectivity index (χ0n) is 19.2. The minimum Gasteiger partial charge on any atom is -0.378 e. The summed E-state index contributed by atoms with van der Waals surface area (Å²) < 4.78 is 7.59. The molecule has 0 atom stereocenters. The van der Waals surface area contributed by atoms with Gasteiger partial charge in [0.15, 0.2) is 11.0 Å². The first-order chi connectivity index (χ1) is 15.8. The van der Waals surface area contributed by atoms with E-state index in [1.807, 2.05) is 19.9 Å². The second-order valence-electron chi connectivity index (χ2n) is 8.51. The van der Waals surface area contributed by atoms with Crippen LogP contribution in [-0.4, -0.2) is 62.9 Å². The van der Waals surface area contributed by atoms with E-state index in [-0.39, 0.29) is 11.4 Å². The zero-order valence-corrected chi connectivity index (χ0v) is 20.0. The third-order valence-electron chi connectivity index (χ3n) is 5.96. The molecule has 0 spiro atoms. The number of fused-ring (bicyclic) bond motifs is 1. The van der Waals surface area contributed by atoms with Crippen molar-refractivity contribution in [2.24, 2.45) is 10.1 Å². The van der Waals surface area contributed by atoms with Gasteiger partial charge in [-0.2, -0.15) is 10.0 Å². The fraction of sp³-hybridized carbons (Fsp3) is 0.333. The molecule has 4 heterocycles. The van der Waals surface area contributed by atoms with Gasteiger partial charge < -0.3 is 14.2 Å². The molecule has 5 rings (SSSR count). The van der Waals surface area contributed by atoms with Crippen molar-refractivity contribution >= 4 is 39.9 Å². The van der Waals surface area contributed by atoms with E-state index in [9.17, 15) is 4.79 Å². The zero-order chi connectivity index (χ0) is 23.3. The van der Waals surface area contributed by atoms with E-state index in [1.165, 1.54) is 27.9 Å². The molecule has 0 radical (unpaired) electrons. The van der Waals surface area contributed by atoms with Gasteiger partial charge in [0.25, 0.3) is 5.91 Å². The number of carbonyl (C=O) groups is 1. The molecule has 3 aliphatic heterocycles. The predicted octanol–water partition coefficient (Wildman–Crippen LogP) is 3.62. The highest BCUT2D eigenvalue weighted by Crippen LogP contribution is 2.31. The van der Waals surface area contributed by atoms with Crippen LogP contribution in [0, 0.1) is 33.1 Å². The molecule has 0 bridgehead atoms. The van der Waals surface area contributed by atoms with E-state index in [2.05, 4.69) is 51.6 Å². The highest BCUT2D eigenvalue weighted by Gasteiger charge is 2.37. The normalized spacial score (nSPS) is 19.8. The number of rotatable bonds is 2. The summed E-state index contributed by atoms with van der Waals surface area (Å²) >= 11 is 1.33. The Hall–Kier alpha value is -3.17. The van der Waals surface area contributed by atoms with Crippen molar-refractivity contribution in [1.29, 1.82) is 5.41 Å². The Bertz CT molecular complexity index is 1250.